The fourth-order valence-electron chi connectivity index (χ4n) is 2.12. The van der Waals surface area contributed by atoms with Gasteiger partial charge in [0.05, 0.1) is 12.0 Å². The Labute approximate surface area is 134 Å². The summed E-state index contributed by atoms with van der Waals surface area (Å²) in [5.41, 5.74) is 0. The molecule has 0 saturated heterocycles. The average molecular weight is 326 g/mol. The molecule has 2 rings (SSSR count). The SMILES string of the molecule is COc1nc(N(C)C)sc1CNC(c1cccs1)C(C)C. The molecular weight excluding hydrogens is 302 g/mol. The number of thiazole rings is 1. The van der Waals surface area contributed by atoms with Crippen molar-refractivity contribution in [1.29, 1.82) is 0 Å². The molecule has 0 fully saturated rings. The molecule has 0 aromatic carbocycles. The van der Waals surface area contributed by atoms with Crippen molar-refractivity contribution < 1.29 is 4.74 Å². The molecule has 2 aromatic rings. The number of hydrogen-bond donors (Lipinski definition) is 1. The zero-order valence-corrected chi connectivity index (χ0v) is 14.8. The third kappa shape index (κ3) is 3.96. The maximum atomic E-state index is 5.39. The Balaban J connectivity index is 2.10. The second-order valence-electron chi connectivity index (χ2n) is 5.44. The molecule has 2 aromatic heterocycles. The third-order valence-corrected chi connectivity index (χ3v) is 5.38. The zero-order valence-electron chi connectivity index (χ0n) is 13.2. The van der Waals surface area contributed by atoms with E-state index >= 15 is 0 Å². The van der Waals surface area contributed by atoms with Gasteiger partial charge in [-0.1, -0.05) is 31.3 Å². The van der Waals surface area contributed by atoms with Gasteiger partial charge < -0.3 is 15.0 Å². The molecule has 0 saturated carbocycles. The molecule has 2 heterocycles. The molecule has 21 heavy (non-hydrogen) atoms. The topological polar surface area (TPSA) is 37.4 Å². The Bertz CT molecular complexity index is 549. The van der Waals surface area contributed by atoms with Gasteiger partial charge >= 0.3 is 0 Å². The van der Waals surface area contributed by atoms with Crippen LogP contribution in [0.15, 0.2) is 17.5 Å². The lowest BCUT2D eigenvalue weighted by Gasteiger charge is -2.21. The molecule has 0 aliphatic rings. The fraction of sp³-hybridized carbons (Fsp3) is 0.533. The van der Waals surface area contributed by atoms with Crippen molar-refractivity contribution in [3.8, 4) is 5.88 Å². The Morgan fingerprint density at radius 2 is 2.14 bits per heavy atom. The average Bonchev–Trinajstić information content (AvgIpc) is 3.07. The molecule has 1 unspecified atom stereocenters. The van der Waals surface area contributed by atoms with E-state index in [9.17, 15) is 0 Å². The fourth-order valence-corrected chi connectivity index (χ4v) is 4.00. The van der Waals surface area contributed by atoms with Gasteiger partial charge in [-0.05, 0) is 17.4 Å². The van der Waals surface area contributed by atoms with Crippen LogP contribution in [-0.4, -0.2) is 26.2 Å². The quantitative estimate of drug-likeness (QED) is 0.841. The van der Waals surface area contributed by atoms with Crippen LogP contribution < -0.4 is 15.0 Å². The largest absolute Gasteiger partial charge is 0.480 e. The number of aromatic nitrogens is 1. The van der Waals surface area contributed by atoms with E-state index in [1.54, 1.807) is 29.8 Å². The Hall–Kier alpha value is -1.11. The van der Waals surface area contributed by atoms with Gasteiger partial charge in [0.2, 0.25) is 5.88 Å². The van der Waals surface area contributed by atoms with Crippen molar-refractivity contribution >= 4 is 27.8 Å². The summed E-state index contributed by atoms with van der Waals surface area (Å²) in [5, 5.41) is 6.75. The number of methoxy groups -OCH3 is 1. The first-order valence-electron chi connectivity index (χ1n) is 7.00. The van der Waals surface area contributed by atoms with Crippen LogP contribution in [0.1, 0.15) is 29.6 Å². The van der Waals surface area contributed by atoms with Crippen molar-refractivity contribution in [3.63, 3.8) is 0 Å². The van der Waals surface area contributed by atoms with E-state index in [2.05, 4.69) is 41.7 Å². The van der Waals surface area contributed by atoms with Gasteiger partial charge in [0.15, 0.2) is 5.13 Å². The van der Waals surface area contributed by atoms with Crippen LogP contribution in [0.3, 0.4) is 0 Å². The molecule has 6 heteroatoms. The highest BCUT2D eigenvalue weighted by molar-refractivity contribution is 7.15. The highest BCUT2D eigenvalue weighted by Gasteiger charge is 2.19. The molecular formula is C15H23N3OS2. The lowest BCUT2D eigenvalue weighted by atomic mass is 10.0. The lowest BCUT2D eigenvalue weighted by Crippen LogP contribution is -2.24. The summed E-state index contributed by atoms with van der Waals surface area (Å²) in [5.74, 6) is 1.26. The molecule has 0 bridgehead atoms. The van der Waals surface area contributed by atoms with Gasteiger partial charge in [-0.15, -0.1) is 11.3 Å². The summed E-state index contributed by atoms with van der Waals surface area (Å²) in [4.78, 5) is 9.03. The summed E-state index contributed by atoms with van der Waals surface area (Å²) >= 11 is 3.47. The minimum absolute atomic E-state index is 0.361. The molecule has 116 valence electrons. The van der Waals surface area contributed by atoms with Crippen LogP contribution in [0.25, 0.3) is 0 Å². The van der Waals surface area contributed by atoms with Crippen molar-refractivity contribution in [3.05, 3.63) is 27.3 Å². The second kappa shape index (κ2) is 7.24. The van der Waals surface area contributed by atoms with Gasteiger partial charge in [0.1, 0.15) is 0 Å². The van der Waals surface area contributed by atoms with Crippen LogP contribution in [0, 0.1) is 5.92 Å². The van der Waals surface area contributed by atoms with E-state index in [1.807, 2.05) is 19.0 Å². The summed E-state index contributed by atoms with van der Waals surface area (Å²) in [6, 6.07) is 4.66. The van der Waals surface area contributed by atoms with Crippen molar-refractivity contribution in [1.82, 2.24) is 10.3 Å². The molecule has 1 N–H and O–H groups in total. The molecule has 1 atom stereocenters. The van der Waals surface area contributed by atoms with E-state index in [-0.39, 0.29) is 0 Å². The Kier molecular flexibility index (Phi) is 5.61. The smallest absolute Gasteiger partial charge is 0.230 e. The number of nitrogens with one attached hydrogen (secondary N) is 1. The normalized spacial score (nSPS) is 12.7. The second-order valence-corrected chi connectivity index (χ2v) is 7.48. The van der Waals surface area contributed by atoms with Crippen LogP contribution in [0.4, 0.5) is 5.13 Å². The van der Waals surface area contributed by atoms with E-state index in [1.165, 1.54) is 4.88 Å². The third-order valence-electron chi connectivity index (χ3n) is 3.23. The van der Waals surface area contributed by atoms with Crippen LogP contribution >= 0.6 is 22.7 Å². The predicted octanol–water partition coefficient (Wildman–Crippen LogP) is 3.77. The van der Waals surface area contributed by atoms with Gasteiger partial charge in [-0.25, -0.2) is 0 Å². The number of ether oxygens (including phenoxy) is 1. The monoisotopic (exact) mass is 325 g/mol. The predicted molar refractivity (Wildman–Crippen MR) is 91.7 cm³/mol. The van der Waals surface area contributed by atoms with Gasteiger partial charge in [0.25, 0.3) is 0 Å². The first kappa shape index (κ1) is 16.3. The number of hydrogen-bond acceptors (Lipinski definition) is 6. The first-order chi connectivity index (χ1) is 10.0. The molecule has 0 aliphatic carbocycles. The number of rotatable bonds is 7. The minimum Gasteiger partial charge on any atom is -0.480 e. The Morgan fingerprint density at radius 1 is 1.38 bits per heavy atom. The van der Waals surface area contributed by atoms with E-state index in [0.29, 0.717) is 12.0 Å². The van der Waals surface area contributed by atoms with Crippen LogP contribution in [0.5, 0.6) is 5.88 Å². The molecule has 0 aliphatic heterocycles. The molecule has 0 amide bonds. The maximum Gasteiger partial charge on any atom is 0.230 e. The lowest BCUT2D eigenvalue weighted by molar-refractivity contribution is 0.384. The maximum absolute atomic E-state index is 5.39. The molecule has 4 nitrogen and oxygen atoms in total. The Morgan fingerprint density at radius 3 is 2.67 bits per heavy atom. The van der Waals surface area contributed by atoms with Gasteiger partial charge in [-0.2, -0.15) is 4.98 Å². The number of thiophene rings is 1. The highest BCUT2D eigenvalue weighted by atomic mass is 32.1. The summed E-state index contributed by atoms with van der Waals surface area (Å²) in [6.45, 7) is 5.26. The van der Waals surface area contributed by atoms with Crippen LogP contribution in [0.2, 0.25) is 0 Å². The summed E-state index contributed by atoms with van der Waals surface area (Å²) < 4.78 is 5.39. The van der Waals surface area contributed by atoms with E-state index in [4.69, 9.17) is 4.74 Å². The molecule has 0 spiro atoms. The van der Waals surface area contributed by atoms with E-state index < -0.39 is 0 Å². The first-order valence-corrected chi connectivity index (χ1v) is 8.70. The highest BCUT2D eigenvalue weighted by Crippen LogP contribution is 2.32. The van der Waals surface area contributed by atoms with Crippen molar-refractivity contribution in [2.75, 3.05) is 26.1 Å². The number of anilines is 1. The summed E-state index contributed by atoms with van der Waals surface area (Å²) in [6.07, 6.45) is 0. The van der Waals surface area contributed by atoms with E-state index in [0.717, 1.165) is 22.4 Å². The number of nitrogens with zero attached hydrogens (tertiary/aromatic N) is 2. The minimum atomic E-state index is 0.361. The van der Waals surface area contributed by atoms with Gasteiger partial charge in [0, 0.05) is 31.6 Å². The molecule has 0 radical (unpaired) electrons. The van der Waals surface area contributed by atoms with Gasteiger partial charge in [-0.3, -0.25) is 0 Å². The van der Waals surface area contributed by atoms with Crippen molar-refractivity contribution in [2.45, 2.75) is 26.4 Å². The standard InChI is InChI=1S/C15H23N3OS2/c1-10(2)13(11-7-6-8-20-11)16-9-12-14(19-5)17-15(21-12)18(3)4/h6-8,10,13,16H,9H2,1-5H3. The summed E-state index contributed by atoms with van der Waals surface area (Å²) in [7, 11) is 5.67. The van der Waals surface area contributed by atoms with Crippen LogP contribution in [-0.2, 0) is 6.54 Å². The zero-order chi connectivity index (χ0) is 15.4. The van der Waals surface area contributed by atoms with Crippen molar-refractivity contribution in [2.24, 2.45) is 5.92 Å².